The standard InChI is InChI=1S/C18H18N2O3/c1-12-11-16(12)17(13-5-3-2-4-6-13)19-18(21)14-7-9-15(10-8-14)20(22)23/h2-10,12,16-17H,11H2,1H3,(H,19,21). The zero-order chi connectivity index (χ0) is 16.4. The molecule has 0 radical (unpaired) electrons. The molecule has 0 aromatic heterocycles. The fourth-order valence-corrected chi connectivity index (χ4v) is 2.87. The van der Waals surface area contributed by atoms with Crippen LogP contribution in [0.1, 0.15) is 35.3 Å². The lowest BCUT2D eigenvalue weighted by Gasteiger charge is -2.19. The number of nitrogens with one attached hydrogen (secondary N) is 1. The van der Waals surface area contributed by atoms with Gasteiger partial charge in [-0.25, -0.2) is 0 Å². The van der Waals surface area contributed by atoms with Crippen LogP contribution < -0.4 is 5.32 Å². The molecule has 1 N–H and O–H groups in total. The van der Waals surface area contributed by atoms with E-state index in [0.717, 1.165) is 12.0 Å². The maximum absolute atomic E-state index is 12.5. The van der Waals surface area contributed by atoms with Crippen molar-refractivity contribution < 1.29 is 9.72 Å². The highest BCUT2D eigenvalue weighted by Crippen LogP contribution is 2.47. The first kappa shape index (κ1) is 15.2. The summed E-state index contributed by atoms with van der Waals surface area (Å²) >= 11 is 0. The van der Waals surface area contributed by atoms with Crippen LogP contribution in [0, 0.1) is 22.0 Å². The van der Waals surface area contributed by atoms with Gasteiger partial charge in [0.2, 0.25) is 0 Å². The van der Waals surface area contributed by atoms with Gasteiger partial charge in [0, 0.05) is 17.7 Å². The monoisotopic (exact) mass is 310 g/mol. The Kier molecular flexibility index (Phi) is 4.10. The predicted molar refractivity (Wildman–Crippen MR) is 87.0 cm³/mol. The maximum Gasteiger partial charge on any atom is 0.269 e. The minimum atomic E-state index is -0.472. The first-order chi connectivity index (χ1) is 11.1. The van der Waals surface area contributed by atoms with E-state index < -0.39 is 4.92 Å². The molecule has 1 aliphatic rings. The van der Waals surface area contributed by atoms with Crippen LogP contribution in [0.3, 0.4) is 0 Å². The molecular weight excluding hydrogens is 292 g/mol. The molecule has 0 aliphatic heterocycles. The molecule has 118 valence electrons. The van der Waals surface area contributed by atoms with Gasteiger partial charge >= 0.3 is 0 Å². The van der Waals surface area contributed by atoms with Crippen LogP contribution >= 0.6 is 0 Å². The average Bonchev–Trinajstić information content (AvgIpc) is 3.29. The number of non-ortho nitro benzene ring substituents is 1. The minimum absolute atomic E-state index is 0.0167. The van der Waals surface area contributed by atoms with Crippen molar-refractivity contribution in [2.45, 2.75) is 19.4 Å². The molecule has 1 saturated carbocycles. The first-order valence-electron chi connectivity index (χ1n) is 7.66. The second kappa shape index (κ2) is 6.20. The van der Waals surface area contributed by atoms with E-state index in [2.05, 4.69) is 12.2 Å². The number of rotatable bonds is 5. The number of nitro groups is 1. The molecule has 1 fully saturated rings. The zero-order valence-corrected chi connectivity index (χ0v) is 12.8. The van der Waals surface area contributed by atoms with Crippen LogP contribution in [0.15, 0.2) is 54.6 Å². The Morgan fingerprint density at radius 2 is 1.78 bits per heavy atom. The van der Waals surface area contributed by atoms with Gasteiger partial charge in [0.25, 0.3) is 11.6 Å². The summed E-state index contributed by atoms with van der Waals surface area (Å²) in [6.45, 7) is 2.18. The maximum atomic E-state index is 12.5. The molecule has 0 heterocycles. The number of amides is 1. The van der Waals surface area contributed by atoms with Crippen molar-refractivity contribution in [3.63, 3.8) is 0 Å². The number of carbonyl (C=O) groups is 1. The summed E-state index contributed by atoms with van der Waals surface area (Å²) in [6, 6.07) is 15.6. The quantitative estimate of drug-likeness (QED) is 0.675. The lowest BCUT2D eigenvalue weighted by Crippen LogP contribution is -2.30. The highest BCUT2D eigenvalue weighted by molar-refractivity contribution is 5.94. The van der Waals surface area contributed by atoms with Crippen LogP contribution in [0.25, 0.3) is 0 Å². The molecule has 5 heteroatoms. The summed E-state index contributed by atoms with van der Waals surface area (Å²) in [5.41, 5.74) is 1.51. The molecule has 0 spiro atoms. The van der Waals surface area contributed by atoms with E-state index in [1.807, 2.05) is 30.3 Å². The highest BCUT2D eigenvalue weighted by atomic mass is 16.6. The Hall–Kier alpha value is -2.69. The van der Waals surface area contributed by atoms with Crippen LogP contribution in [-0.4, -0.2) is 10.8 Å². The van der Waals surface area contributed by atoms with Crippen molar-refractivity contribution in [1.29, 1.82) is 0 Å². The van der Waals surface area contributed by atoms with Gasteiger partial charge in [-0.15, -0.1) is 0 Å². The first-order valence-corrected chi connectivity index (χ1v) is 7.66. The minimum Gasteiger partial charge on any atom is -0.345 e. The Morgan fingerprint density at radius 1 is 1.17 bits per heavy atom. The van der Waals surface area contributed by atoms with E-state index in [-0.39, 0.29) is 17.6 Å². The van der Waals surface area contributed by atoms with Gasteiger partial charge in [-0.2, -0.15) is 0 Å². The van der Waals surface area contributed by atoms with Crippen molar-refractivity contribution >= 4 is 11.6 Å². The number of carbonyl (C=O) groups excluding carboxylic acids is 1. The summed E-state index contributed by atoms with van der Waals surface area (Å²) in [5.74, 6) is 0.838. The summed E-state index contributed by atoms with van der Waals surface area (Å²) in [6.07, 6.45) is 1.10. The lowest BCUT2D eigenvalue weighted by atomic mass is 10.0. The Labute approximate surface area is 134 Å². The van der Waals surface area contributed by atoms with Gasteiger partial charge in [0.1, 0.15) is 0 Å². The third-order valence-electron chi connectivity index (χ3n) is 4.39. The summed E-state index contributed by atoms with van der Waals surface area (Å²) < 4.78 is 0. The molecular formula is C18H18N2O3. The number of nitro benzene ring substituents is 1. The van der Waals surface area contributed by atoms with Crippen molar-refractivity contribution in [1.82, 2.24) is 5.32 Å². The largest absolute Gasteiger partial charge is 0.345 e. The Bertz CT molecular complexity index is 713. The topological polar surface area (TPSA) is 72.2 Å². The third kappa shape index (κ3) is 3.39. The lowest BCUT2D eigenvalue weighted by molar-refractivity contribution is -0.384. The number of nitrogens with zero attached hydrogens (tertiary/aromatic N) is 1. The fourth-order valence-electron chi connectivity index (χ4n) is 2.87. The molecule has 2 aromatic rings. The van der Waals surface area contributed by atoms with Crippen LogP contribution in [0.2, 0.25) is 0 Å². The molecule has 5 nitrogen and oxygen atoms in total. The molecule has 0 saturated heterocycles. The Morgan fingerprint density at radius 3 is 2.30 bits per heavy atom. The summed E-state index contributed by atoms with van der Waals surface area (Å²) in [5, 5.41) is 13.8. The molecule has 3 atom stereocenters. The molecule has 0 bridgehead atoms. The third-order valence-corrected chi connectivity index (χ3v) is 4.39. The molecule has 3 unspecified atom stereocenters. The van der Waals surface area contributed by atoms with E-state index in [1.165, 1.54) is 24.3 Å². The predicted octanol–water partition coefficient (Wildman–Crippen LogP) is 3.72. The van der Waals surface area contributed by atoms with Gasteiger partial charge in [0.05, 0.1) is 11.0 Å². The van der Waals surface area contributed by atoms with E-state index in [0.29, 0.717) is 17.4 Å². The van der Waals surface area contributed by atoms with Crippen LogP contribution in [-0.2, 0) is 0 Å². The van der Waals surface area contributed by atoms with E-state index in [4.69, 9.17) is 0 Å². The van der Waals surface area contributed by atoms with E-state index in [9.17, 15) is 14.9 Å². The second-order valence-electron chi connectivity index (χ2n) is 6.04. The molecule has 23 heavy (non-hydrogen) atoms. The van der Waals surface area contributed by atoms with Gasteiger partial charge in [-0.05, 0) is 36.0 Å². The van der Waals surface area contributed by atoms with Crippen molar-refractivity contribution in [3.05, 3.63) is 75.8 Å². The number of hydrogen-bond donors (Lipinski definition) is 1. The van der Waals surface area contributed by atoms with Crippen molar-refractivity contribution in [3.8, 4) is 0 Å². The smallest absolute Gasteiger partial charge is 0.269 e. The second-order valence-corrected chi connectivity index (χ2v) is 6.04. The average molecular weight is 310 g/mol. The number of benzene rings is 2. The van der Waals surface area contributed by atoms with Gasteiger partial charge in [-0.1, -0.05) is 37.3 Å². The molecule has 2 aromatic carbocycles. The molecule has 3 rings (SSSR count). The summed E-state index contributed by atoms with van der Waals surface area (Å²) in [7, 11) is 0. The van der Waals surface area contributed by atoms with Crippen molar-refractivity contribution in [2.24, 2.45) is 11.8 Å². The van der Waals surface area contributed by atoms with E-state index >= 15 is 0 Å². The SMILES string of the molecule is CC1CC1C(NC(=O)c1ccc([N+](=O)[O-])cc1)c1ccccc1. The van der Waals surface area contributed by atoms with Gasteiger partial charge < -0.3 is 5.32 Å². The fraction of sp³-hybridized carbons (Fsp3) is 0.278. The van der Waals surface area contributed by atoms with E-state index in [1.54, 1.807) is 0 Å². The van der Waals surface area contributed by atoms with Gasteiger partial charge in [-0.3, -0.25) is 14.9 Å². The number of hydrogen-bond acceptors (Lipinski definition) is 3. The van der Waals surface area contributed by atoms with Crippen LogP contribution in [0.4, 0.5) is 5.69 Å². The Balaban J connectivity index is 1.77. The summed E-state index contributed by atoms with van der Waals surface area (Å²) in [4.78, 5) is 22.7. The van der Waals surface area contributed by atoms with Crippen LogP contribution in [0.5, 0.6) is 0 Å². The van der Waals surface area contributed by atoms with Crippen molar-refractivity contribution in [2.75, 3.05) is 0 Å². The molecule has 1 aliphatic carbocycles. The zero-order valence-electron chi connectivity index (χ0n) is 12.8. The van der Waals surface area contributed by atoms with Gasteiger partial charge in [0.15, 0.2) is 0 Å². The molecule has 1 amide bonds. The normalized spacial score (nSPS) is 20.6. The highest BCUT2D eigenvalue weighted by Gasteiger charge is 2.40.